The van der Waals surface area contributed by atoms with Gasteiger partial charge in [-0.15, -0.1) is 0 Å². The number of hydrogen-bond donors (Lipinski definition) is 2. The Morgan fingerprint density at radius 3 is 2.32 bits per heavy atom. The maximum Gasteiger partial charge on any atom is 0.231 e. The molecule has 1 saturated carbocycles. The Bertz CT molecular complexity index is 432. The molecule has 1 aromatic rings. The molecule has 2 rings (SSSR count). The molecule has 1 aromatic heterocycles. The van der Waals surface area contributed by atoms with E-state index in [2.05, 4.69) is 20.3 Å². The van der Waals surface area contributed by atoms with Crippen LogP contribution in [0.2, 0.25) is 0 Å². The first-order chi connectivity index (χ1) is 8.99. The second-order valence-corrected chi connectivity index (χ2v) is 5.28. The molecule has 106 valence electrons. The monoisotopic (exact) mass is 266 g/mol. The predicted molar refractivity (Wildman–Crippen MR) is 75.7 cm³/mol. The normalized spacial score (nSPS) is 21.7. The van der Waals surface area contributed by atoms with Gasteiger partial charge in [0.2, 0.25) is 17.8 Å². The highest BCUT2D eigenvalue weighted by molar-refractivity contribution is 5.43. The van der Waals surface area contributed by atoms with Crippen LogP contribution in [0.5, 0.6) is 0 Å². The third-order valence-corrected chi connectivity index (χ3v) is 3.32. The molecule has 0 atom stereocenters. The van der Waals surface area contributed by atoms with Gasteiger partial charge in [0, 0.05) is 34.7 Å². The van der Waals surface area contributed by atoms with Crippen molar-refractivity contribution in [3.05, 3.63) is 0 Å². The van der Waals surface area contributed by atoms with Gasteiger partial charge < -0.3 is 20.2 Å². The van der Waals surface area contributed by atoms with Crippen molar-refractivity contribution >= 4 is 17.8 Å². The minimum atomic E-state index is -0.123. The molecule has 0 saturated heterocycles. The van der Waals surface area contributed by atoms with Gasteiger partial charge in [0.15, 0.2) is 0 Å². The minimum absolute atomic E-state index is 0.123. The molecule has 0 aliphatic heterocycles. The lowest BCUT2D eigenvalue weighted by Crippen LogP contribution is -2.37. The largest absolute Gasteiger partial charge is 0.393 e. The van der Waals surface area contributed by atoms with E-state index in [9.17, 15) is 5.11 Å². The smallest absolute Gasteiger partial charge is 0.231 e. The van der Waals surface area contributed by atoms with Gasteiger partial charge >= 0.3 is 0 Å². The van der Waals surface area contributed by atoms with E-state index in [0.717, 1.165) is 19.4 Å². The van der Waals surface area contributed by atoms with Gasteiger partial charge in [-0.1, -0.05) is 0 Å². The van der Waals surface area contributed by atoms with Gasteiger partial charge in [-0.3, -0.25) is 0 Å². The van der Waals surface area contributed by atoms with Crippen LogP contribution in [0.3, 0.4) is 0 Å². The number of hydrogen-bond acceptors (Lipinski definition) is 7. The van der Waals surface area contributed by atoms with Gasteiger partial charge in [-0.05, 0) is 18.8 Å². The lowest BCUT2D eigenvalue weighted by molar-refractivity contribution is 0.0463. The molecule has 0 radical (unpaired) electrons. The average molecular weight is 266 g/mol. The van der Waals surface area contributed by atoms with E-state index in [1.807, 2.05) is 30.9 Å². The van der Waals surface area contributed by atoms with Gasteiger partial charge in [-0.2, -0.15) is 15.0 Å². The zero-order valence-electron chi connectivity index (χ0n) is 12.0. The Balaban J connectivity index is 2.11. The van der Waals surface area contributed by atoms with Crippen molar-refractivity contribution in [3.63, 3.8) is 0 Å². The topological polar surface area (TPSA) is 77.4 Å². The lowest BCUT2D eigenvalue weighted by Gasteiger charge is -2.34. The molecule has 0 unspecified atom stereocenters. The third kappa shape index (κ3) is 3.23. The Labute approximate surface area is 113 Å². The van der Waals surface area contributed by atoms with Crippen molar-refractivity contribution in [3.8, 4) is 0 Å². The molecular formula is C12H22N6O. The van der Waals surface area contributed by atoms with Crippen LogP contribution in [-0.2, 0) is 0 Å². The SMILES string of the molecule is CNc1nc(N(C)C)nc(N(C)CC2CC(O)C2)n1. The maximum absolute atomic E-state index is 9.32. The Morgan fingerprint density at radius 1 is 1.16 bits per heavy atom. The zero-order valence-corrected chi connectivity index (χ0v) is 12.0. The number of aromatic nitrogens is 3. The van der Waals surface area contributed by atoms with Crippen molar-refractivity contribution < 1.29 is 5.11 Å². The highest BCUT2D eigenvalue weighted by Crippen LogP contribution is 2.28. The molecule has 1 aliphatic rings. The summed E-state index contributed by atoms with van der Waals surface area (Å²) >= 11 is 0. The number of nitrogens with one attached hydrogen (secondary N) is 1. The number of aliphatic hydroxyl groups excluding tert-OH is 1. The summed E-state index contributed by atoms with van der Waals surface area (Å²) in [6.07, 6.45) is 1.62. The molecule has 0 aromatic carbocycles. The van der Waals surface area contributed by atoms with E-state index in [4.69, 9.17) is 0 Å². The van der Waals surface area contributed by atoms with E-state index in [-0.39, 0.29) is 6.10 Å². The number of anilines is 3. The third-order valence-electron chi connectivity index (χ3n) is 3.32. The van der Waals surface area contributed by atoms with Crippen LogP contribution in [0.1, 0.15) is 12.8 Å². The van der Waals surface area contributed by atoms with E-state index < -0.39 is 0 Å². The van der Waals surface area contributed by atoms with Crippen molar-refractivity contribution in [2.24, 2.45) is 5.92 Å². The van der Waals surface area contributed by atoms with Gasteiger partial charge in [0.25, 0.3) is 0 Å². The first-order valence-electron chi connectivity index (χ1n) is 6.50. The van der Waals surface area contributed by atoms with E-state index in [1.165, 1.54) is 0 Å². The average Bonchev–Trinajstić information content (AvgIpc) is 2.36. The van der Waals surface area contributed by atoms with Crippen LogP contribution in [0.4, 0.5) is 17.8 Å². The molecule has 0 amide bonds. The minimum Gasteiger partial charge on any atom is -0.393 e. The first-order valence-corrected chi connectivity index (χ1v) is 6.50. The number of aliphatic hydroxyl groups is 1. The quantitative estimate of drug-likeness (QED) is 0.787. The van der Waals surface area contributed by atoms with Gasteiger partial charge in [0.05, 0.1) is 6.10 Å². The zero-order chi connectivity index (χ0) is 14.0. The standard InChI is InChI=1S/C12H22N6O/c1-13-10-14-11(17(2)3)16-12(15-10)18(4)7-8-5-9(19)6-8/h8-9,19H,5-7H2,1-4H3,(H,13,14,15,16). The van der Waals surface area contributed by atoms with Crippen molar-refractivity contribution in [1.82, 2.24) is 15.0 Å². The first kappa shape index (κ1) is 13.8. The molecule has 1 heterocycles. The lowest BCUT2D eigenvalue weighted by atomic mass is 9.82. The van der Waals surface area contributed by atoms with Crippen LogP contribution in [0, 0.1) is 5.92 Å². The van der Waals surface area contributed by atoms with Gasteiger partial charge in [0.1, 0.15) is 0 Å². The second kappa shape index (κ2) is 5.56. The molecule has 0 spiro atoms. The van der Waals surface area contributed by atoms with Crippen molar-refractivity contribution in [2.45, 2.75) is 18.9 Å². The number of nitrogens with zero attached hydrogens (tertiary/aromatic N) is 5. The van der Waals surface area contributed by atoms with Crippen LogP contribution < -0.4 is 15.1 Å². The molecule has 7 heteroatoms. The summed E-state index contributed by atoms with van der Waals surface area (Å²) in [4.78, 5) is 17.0. The summed E-state index contributed by atoms with van der Waals surface area (Å²) in [6.45, 7) is 0.858. The summed E-state index contributed by atoms with van der Waals surface area (Å²) < 4.78 is 0. The maximum atomic E-state index is 9.32. The van der Waals surface area contributed by atoms with Crippen molar-refractivity contribution in [1.29, 1.82) is 0 Å². The van der Waals surface area contributed by atoms with Crippen LogP contribution in [-0.4, -0.2) is 60.9 Å². The van der Waals surface area contributed by atoms with E-state index in [1.54, 1.807) is 7.05 Å². The van der Waals surface area contributed by atoms with Gasteiger partial charge in [-0.25, -0.2) is 0 Å². The highest BCUT2D eigenvalue weighted by Gasteiger charge is 2.28. The summed E-state index contributed by atoms with van der Waals surface area (Å²) in [5.41, 5.74) is 0. The fourth-order valence-corrected chi connectivity index (χ4v) is 2.15. The second-order valence-electron chi connectivity index (χ2n) is 5.28. The summed E-state index contributed by atoms with van der Waals surface area (Å²) in [7, 11) is 7.57. The molecule has 7 nitrogen and oxygen atoms in total. The molecule has 1 aliphatic carbocycles. The highest BCUT2D eigenvalue weighted by atomic mass is 16.3. The fourth-order valence-electron chi connectivity index (χ4n) is 2.15. The Kier molecular flexibility index (Phi) is 4.04. The van der Waals surface area contributed by atoms with Crippen molar-refractivity contribution in [2.75, 3.05) is 49.9 Å². The number of rotatable bonds is 5. The summed E-state index contributed by atoms with van der Waals surface area (Å²) in [6, 6.07) is 0. The van der Waals surface area contributed by atoms with Crippen LogP contribution in [0.15, 0.2) is 0 Å². The Morgan fingerprint density at radius 2 is 1.79 bits per heavy atom. The molecule has 1 fully saturated rings. The van der Waals surface area contributed by atoms with E-state index in [0.29, 0.717) is 23.8 Å². The molecule has 19 heavy (non-hydrogen) atoms. The van der Waals surface area contributed by atoms with Crippen LogP contribution in [0.25, 0.3) is 0 Å². The van der Waals surface area contributed by atoms with Crippen LogP contribution >= 0.6 is 0 Å². The molecule has 2 N–H and O–H groups in total. The summed E-state index contributed by atoms with van der Waals surface area (Å²) in [5, 5.41) is 12.3. The Hall–Kier alpha value is -1.63. The predicted octanol–water partition coefficient (Wildman–Crippen LogP) is 0.186. The molecular weight excluding hydrogens is 244 g/mol. The summed E-state index contributed by atoms with van der Waals surface area (Å²) in [5.74, 6) is 2.38. The molecule has 0 bridgehead atoms. The van der Waals surface area contributed by atoms with E-state index >= 15 is 0 Å². The fraction of sp³-hybridized carbons (Fsp3) is 0.750.